The Bertz CT molecular complexity index is 1440. The first kappa shape index (κ1) is 28.4. The topological polar surface area (TPSA) is 96.1 Å². The quantitative estimate of drug-likeness (QED) is 0.272. The van der Waals surface area contributed by atoms with E-state index in [2.05, 4.69) is 34.7 Å². The van der Waals surface area contributed by atoms with E-state index in [9.17, 15) is 9.59 Å². The van der Waals surface area contributed by atoms with E-state index < -0.39 is 11.5 Å². The van der Waals surface area contributed by atoms with Gasteiger partial charge < -0.3 is 20.4 Å². The summed E-state index contributed by atoms with van der Waals surface area (Å²) in [6.07, 6.45) is 7.28. The molecule has 2 aliphatic rings. The van der Waals surface area contributed by atoms with Crippen molar-refractivity contribution in [1.82, 2.24) is 20.6 Å². The maximum Gasteiger partial charge on any atom is 0.242 e. The SMILES string of the molecule is CCNC(=O)C(NC(=O)C(C)(COC)c1ccc2nc(/C=C(/c3ccccc3Cl)C3(C)CC3)[nH]c2c1)C1CCC1. The molecule has 0 bridgehead atoms. The Labute approximate surface area is 241 Å². The van der Waals surface area contributed by atoms with Gasteiger partial charge in [0.05, 0.1) is 23.1 Å². The number of benzene rings is 2. The van der Waals surface area contributed by atoms with Gasteiger partial charge in [0, 0.05) is 18.7 Å². The van der Waals surface area contributed by atoms with E-state index in [-0.39, 0.29) is 29.8 Å². The third-order valence-electron chi connectivity index (χ3n) is 8.71. The number of fused-ring (bicyclic) bond motifs is 1. The Morgan fingerprint density at radius 1 is 1.25 bits per heavy atom. The van der Waals surface area contributed by atoms with Crippen LogP contribution in [-0.4, -0.2) is 48.1 Å². The predicted octanol–water partition coefficient (Wildman–Crippen LogP) is 5.88. The van der Waals surface area contributed by atoms with Gasteiger partial charge in [0.15, 0.2) is 0 Å². The van der Waals surface area contributed by atoms with E-state index in [1.807, 2.05) is 50.2 Å². The van der Waals surface area contributed by atoms with Crippen LogP contribution in [0.3, 0.4) is 0 Å². The summed E-state index contributed by atoms with van der Waals surface area (Å²) in [6, 6.07) is 13.2. The summed E-state index contributed by atoms with van der Waals surface area (Å²) in [5.41, 5.74) is 3.72. The average molecular weight is 563 g/mol. The minimum atomic E-state index is -0.997. The second kappa shape index (κ2) is 11.4. The first-order chi connectivity index (χ1) is 19.2. The maximum atomic E-state index is 13.8. The van der Waals surface area contributed by atoms with Gasteiger partial charge in [0.1, 0.15) is 11.9 Å². The number of carbonyl (C=O) groups is 2. The summed E-state index contributed by atoms with van der Waals surface area (Å²) in [7, 11) is 1.59. The van der Waals surface area contributed by atoms with Gasteiger partial charge in [0.2, 0.25) is 11.8 Å². The van der Waals surface area contributed by atoms with Crippen LogP contribution < -0.4 is 10.6 Å². The zero-order valence-corrected chi connectivity index (χ0v) is 24.5. The minimum absolute atomic E-state index is 0.0747. The molecule has 2 atom stereocenters. The second-order valence-corrected chi connectivity index (χ2v) is 12.2. The molecule has 2 amide bonds. The highest BCUT2D eigenvalue weighted by Gasteiger charge is 2.43. The fourth-order valence-electron chi connectivity index (χ4n) is 5.62. The number of carbonyl (C=O) groups excluding carboxylic acids is 2. The van der Waals surface area contributed by atoms with Crippen molar-refractivity contribution >= 4 is 46.1 Å². The van der Waals surface area contributed by atoms with Crippen LogP contribution in [0, 0.1) is 11.3 Å². The van der Waals surface area contributed by atoms with Crippen LogP contribution in [0.2, 0.25) is 5.02 Å². The van der Waals surface area contributed by atoms with Crippen LogP contribution >= 0.6 is 11.6 Å². The van der Waals surface area contributed by atoms with E-state index >= 15 is 0 Å². The van der Waals surface area contributed by atoms with Gasteiger partial charge in [-0.15, -0.1) is 0 Å². The zero-order valence-electron chi connectivity index (χ0n) is 23.8. The van der Waals surface area contributed by atoms with E-state index in [1.54, 1.807) is 7.11 Å². The summed E-state index contributed by atoms with van der Waals surface area (Å²) in [4.78, 5) is 34.9. The molecule has 212 valence electrons. The number of nitrogens with zero attached hydrogens (tertiary/aromatic N) is 1. The molecule has 2 aromatic carbocycles. The lowest BCUT2D eigenvalue weighted by Crippen LogP contribution is -2.57. The fraction of sp³-hybridized carbons (Fsp3) is 0.469. The highest BCUT2D eigenvalue weighted by atomic mass is 35.5. The van der Waals surface area contributed by atoms with Crippen LogP contribution in [0.5, 0.6) is 0 Å². The zero-order chi connectivity index (χ0) is 28.5. The smallest absolute Gasteiger partial charge is 0.242 e. The van der Waals surface area contributed by atoms with Crippen molar-refractivity contribution in [1.29, 1.82) is 0 Å². The largest absolute Gasteiger partial charge is 0.383 e. The predicted molar refractivity (Wildman–Crippen MR) is 160 cm³/mol. The number of methoxy groups -OCH3 is 1. The lowest BCUT2D eigenvalue weighted by Gasteiger charge is -2.36. The molecule has 5 rings (SSSR count). The van der Waals surface area contributed by atoms with Crippen molar-refractivity contribution in [2.45, 2.75) is 64.3 Å². The van der Waals surface area contributed by atoms with E-state index in [4.69, 9.17) is 21.3 Å². The highest BCUT2D eigenvalue weighted by Crippen LogP contribution is 2.56. The number of aromatic amines is 1. The molecule has 0 saturated heterocycles. The van der Waals surface area contributed by atoms with Crippen LogP contribution in [0.4, 0.5) is 0 Å². The fourth-order valence-corrected chi connectivity index (χ4v) is 5.85. The third-order valence-corrected chi connectivity index (χ3v) is 9.04. The lowest BCUT2D eigenvalue weighted by molar-refractivity contribution is -0.135. The number of hydrogen-bond acceptors (Lipinski definition) is 4. The molecule has 1 heterocycles. The Morgan fingerprint density at radius 2 is 2.00 bits per heavy atom. The monoisotopic (exact) mass is 562 g/mol. The number of ether oxygens (including phenoxy) is 1. The molecular formula is C32H39ClN4O3. The summed E-state index contributed by atoms with van der Waals surface area (Å²) >= 11 is 6.59. The van der Waals surface area contributed by atoms with Crippen molar-refractivity contribution in [3.8, 4) is 0 Å². The molecule has 8 heteroatoms. The Kier molecular flexibility index (Phi) is 8.07. The minimum Gasteiger partial charge on any atom is -0.383 e. The van der Waals surface area contributed by atoms with Crippen molar-refractivity contribution in [3.63, 3.8) is 0 Å². The maximum absolute atomic E-state index is 13.8. The highest BCUT2D eigenvalue weighted by molar-refractivity contribution is 6.32. The van der Waals surface area contributed by atoms with Gasteiger partial charge in [-0.3, -0.25) is 9.59 Å². The number of rotatable bonds is 11. The van der Waals surface area contributed by atoms with Gasteiger partial charge in [-0.25, -0.2) is 4.98 Å². The Morgan fingerprint density at radius 3 is 2.62 bits per heavy atom. The third kappa shape index (κ3) is 5.54. The molecule has 2 saturated carbocycles. The van der Waals surface area contributed by atoms with Gasteiger partial charge in [-0.2, -0.15) is 0 Å². The van der Waals surface area contributed by atoms with Crippen molar-refractivity contribution in [2.75, 3.05) is 20.3 Å². The molecule has 2 aliphatic carbocycles. The van der Waals surface area contributed by atoms with Crippen LogP contribution in [0.25, 0.3) is 22.7 Å². The molecule has 3 N–H and O–H groups in total. The molecule has 1 aromatic heterocycles. The molecule has 0 spiro atoms. The number of likely N-dealkylation sites (N-methyl/N-ethyl adjacent to an activating group) is 1. The number of hydrogen-bond donors (Lipinski definition) is 3. The molecule has 2 unspecified atom stereocenters. The van der Waals surface area contributed by atoms with Crippen molar-refractivity contribution in [2.24, 2.45) is 11.3 Å². The van der Waals surface area contributed by atoms with Gasteiger partial charge in [-0.1, -0.05) is 49.2 Å². The Hall–Kier alpha value is -3.16. The summed E-state index contributed by atoms with van der Waals surface area (Å²) < 4.78 is 5.54. The van der Waals surface area contributed by atoms with Crippen molar-refractivity contribution in [3.05, 3.63) is 64.4 Å². The van der Waals surface area contributed by atoms with Gasteiger partial charge >= 0.3 is 0 Å². The van der Waals surface area contributed by atoms with Crippen LogP contribution in [0.15, 0.2) is 42.5 Å². The number of halogens is 1. The molecular weight excluding hydrogens is 524 g/mol. The van der Waals surface area contributed by atoms with Crippen molar-refractivity contribution < 1.29 is 14.3 Å². The molecule has 0 aliphatic heterocycles. The molecule has 3 aromatic rings. The van der Waals surface area contributed by atoms with E-state index in [1.165, 1.54) is 5.57 Å². The summed E-state index contributed by atoms with van der Waals surface area (Å²) in [5.74, 6) is 0.556. The summed E-state index contributed by atoms with van der Waals surface area (Å²) in [6.45, 7) is 6.71. The first-order valence-electron chi connectivity index (χ1n) is 14.2. The molecule has 7 nitrogen and oxygen atoms in total. The normalized spacial score (nSPS) is 19.0. The lowest BCUT2D eigenvalue weighted by atomic mass is 9.77. The van der Waals surface area contributed by atoms with E-state index in [0.29, 0.717) is 6.54 Å². The molecule has 2 fully saturated rings. The Balaban J connectivity index is 1.46. The number of H-pyrrole nitrogens is 1. The second-order valence-electron chi connectivity index (χ2n) is 11.8. The summed E-state index contributed by atoms with van der Waals surface area (Å²) in [5, 5.41) is 6.69. The molecule has 0 radical (unpaired) electrons. The standard InChI is InChI=1S/C32H39ClN4O3/c1-5-34-29(38)28(20-9-8-10-20)37-30(39)32(3,19-40-4)21-13-14-25-26(17-21)36-27(35-25)18-23(31(2)15-16-31)22-11-6-7-12-24(22)33/h6-7,11-14,17-18,20,28H,5,8-10,15-16,19H2,1-4H3,(H,34,38)(H,35,36)(H,37,39)/b23-18-. The molecule has 40 heavy (non-hydrogen) atoms. The van der Waals surface area contributed by atoms with Crippen LogP contribution in [0.1, 0.15) is 69.8 Å². The number of imidazole rings is 1. The number of nitrogens with one attached hydrogen (secondary N) is 3. The van der Waals surface area contributed by atoms with Crippen LogP contribution in [-0.2, 0) is 19.7 Å². The number of allylic oxidation sites excluding steroid dienone is 1. The van der Waals surface area contributed by atoms with Gasteiger partial charge in [-0.05, 0) is 91.8 Å². The number of amides is 2. The number of aromatic nitrogens is 2. The van der Waals surface area contributed by atoms with Gasteiger partial charge in [0.25, 0.3) is 0 Å². The van der Waals surface area contributed by atoms with E-state index in [0.717, 1.165) is 65.1 Å². The first-order valence-corrected chi connectivity index (χ1v) is 14.6. The average Bonchev–Trinajstić information content (AvgIpc) is 3.51.